The van der Waals surface area contributed by atoms with Crippen LogP contribution in [0.5, 0.6) is 0 Å². The van der Waals surface area contributed by atoms with Crippen LogP contribution in [-0.2, 0) is 0 Å². The minimum atomic E-state index is 0.805. The summed E-state index contributed by atoms with van der Waals surface area (Å²) in [6, 6.07) is 12.1. The van der Waals surface area contributed by atoms with Crippen molar-refractivity contribution < 1.29 is 0 Å². The summed E-state index contributed by atoms with van der Waals surface area (Å²) in [5.74, 6) is 0. The van der Waals surface area contributed by atoms with E-state index in [2.05, 4.69) is 49.8 Å². The van der Waals surface area contributed by atoms with Gasteiger partial charge < -0.3 is 0 Å². The van der Waals surface area contributed by atoms with Gasteiger partial charge in [0.2, 0.25) is 5.13 Å². The van der Waals surface area contributed by atoms with Crippen LogP contribution in [-0.4, -0.2) is 11.2 Å². The molecule has 0 unspecified atom stereocenters. The summed E-state index contributed by atoms with van der Waals surface area (Å²) in [4.78, 5) is 6.98. The van der Waals surface area contributed by atoms with Crippen LogP contribution in [0, 0.1) is 6.92 Å². The van der Waals surface area contributed by atoms with Crippen molar-refractivity contribution in [1.29, 1.82) is 0 Å². The molecule has 3 nitrogen and oxygen atoms in total. The van der Waals surface area contributed by atoms with Gasteiger partial charge in [-0.25, -0.2) is 4.98 Å². The number of thiophene rings is 1. The zero-order valence-corrected chi connectivity index (χ0v) is 14.4. The van der Waals surface area contributed by atoms with Crippen LogP contribution in [0.25, 0.3) is 10.6 Å². The fourth-order valence-corrected chi connectivity index (χ4v) is 3.82. The smallest absolute Gasteiger partial charge is 0.204 e. The van der Waals surface area contributed by atoms with E-state index < -0.39 is 0 Å². The van der Waals surface area contributed by atoms with Crippen molar-refractivity contribution in [3.8, 4) is 10.6 Å². The van der Waals surface area contributed by atoms with Gasteiger partial charge in [0.05, 0.1) is 16.8 Å². The second-order valence-corrected chi connectivity index (χ2v) is 7.30. The van der Waals surface area contributed by atoms with Crippen LogP contribution in [0.3, 0.4) is 0 Å². The second-order valence-electron chi connectivity index (χ2n) is 4.29. The van der Waals surface area contributed by atoms with E-state index in [1.807, 2.05) is 30.3 Å². The lowest BCUT2D eigenvalue weighted by molar-refractivity contribution is 1.29. The number of benzene rings is 1. The van der Waals surface area contributed by atoms with E-state index >= 15 is 0 Å². The maximum atomic E-state index is 4.60. The van der Waals surface area contributed by atoms with Gasteiger partial charge in [-0.1, -0.05) is 40.2 Å². The van der Waals surface area contributed by atoms with Gasteiger partial charge >= 0.3 is 0 Å². The molecular weight excluding hydrogens is 366 g/mol. The Hall–Kier alpha value is -1.50. The molecule has 0 aliphatic carbocycles. The molecule has 106 valence electrons. The minimum Gasteiger partial charge on any atom is -0.253 e. The number of hydrazone groups is 1. The van der Waals surface area contributed by atoms with Crippen LogP contribution in [0.4, 0.5) is 5.13 Å². The first-order chi connectivity index (χ1) is 10.2. The molecular formula is C15H12BrN3S2. The first-order valence-electron chi connectivity index (χ1n) is 6.29. The summed E-state index contributed by atoms with van der Waals surface area (Å²) in [6.45, 7) is 2.08. The number of hydrogen-bond donors (Lipinski definition) is 1. The van der Waals surface area contributed by atoms with Gasteiger partial charge in [0.15, 0.2) is 0 Å². The van der Waals surface area contributed by atoms with Crippen molar-refractivity contribution in [2.45, 2.75) is 6.92 Å². The Balaban J connectivity index is 1.75. The van der Waals surface area contributed by atoms with Gasteiger partial charge in [-0.15, -0.1) is 22.7 Å². The summed E-state index contributed by atoms with van der Waals surface area (Å²) >= 11 is 6.80. The number of nitrogens with zero attached hydrogens (tertiary/aromatic N) is 2. The molecule has 0 atom stereocenters. The van der Waals surface area contributed by atoms with E-state index in [9.17, 15) is 0 Å². The molecule has 0 aliphatic heterocycles. The molecule has 3 aromatic rings. The molecule has 1 N–H and O–H groups in total. The number of anilines is 1. The van der Waals surface area contributed by atoms with Gasteiger partial charge in [0, 0.05) is 14.9 Å². The maximum absolute atomic E-state index is 4.60. The number of halogens is 1. The predicted octanol–water partition coefficient (Wildman–Crippen LogP) is 5.39. The van der Waals surface area contributed by atoms with Crippen LogP contribution in [0.1, 0.15) is 10.4 Å². The van der Waals surface area contributed by atoms with E-state index in [4.69, 9.17) is 0 Å². The molecule has 0 aliphatic rings. The molecule has 0 fully saturated rings. The molecule has 1 aromatic carbocycles. The van der Waals surface area contributed by atoms with Crippen molar-refractivity contribution in [3.05, 3.63) is 56.7 Å². The maximum Gasteiger partial charge on any atom is 0.204 e. The van der Waals surface area contributed by atoms with E-state index in [1.165, 1.54) is 9.75 Å². The highest BCUT2D eigenvalue weighted by atomic mass is 79.9. The summed E-state index contributed by atoms with van der Waals surface area (Å²) in [7, 11) is 0. The lowest BCUT2D eigenvalue weighted by Gasteiger charge is -1.96. The first kappa shape index (κ1) is 14.4. The summed E-state index contributed by atoms with van der Waals surface area (Å²) < 4.78 is 1.02. The third-order valence-corrected chi connectivity index (χ3v) is 5.29. The van der Waals surface area contributed by atoms with Crippen LogP contribution in [0.2, 0.25) is 0 Å². The van der Waals surface area contributed by atoms with Crippen LogP contribution < -0.4 is 5.43 Å². The molecule has 0 saturated carbocycles. The van der Waals surface area contributed by atoms with Crippen molar-refractivity contribution in [2.24, 2.45) is 5.10 Å². The highest BCUT2D eigenvalue weighted by molar-refractivity contribution is 9.10. The SMILES string of the molecule is Cc1sc(N/N=C\c2ccccc2Br)nc1-c1cccs1. The first-order valence-corrected chi connectivity index (χ1v) is 8.78. The zero-order valence-electron chi connectivity index (χ0n) is 11.2. The normalized spacial score (nSPS) is 11.1. The van der Waals surface area contributed by atoms with Crippen molar-refractivity contribution in [3.63, 3.8) is 0 Å². The number of thiazole rings is 1. The molecule has 2 heterocycles. The van der Waals surface area contributed by atoms with Crippen LogP contribution >= 0.6 is 38.6 Å². The zero-order chi connectivity index (χ0) is 14.7. The topological polar surface area (TPSA) is 37.3 Å². The standard InChI is InChI=1S/C15H12BrN3S2/c1-10-14(13-7-4-8-20-13)18-15(21-10)19-17-9-11-5-2-3-6-12(11)16/h2-9H,1H3,(H,18,19)/b17-9-. The third kappa shape index (κ3) is 3.40. The number of rotatable bonds is 4. The van der Waals surface area contributed by atoms with Gasteiger partial charge in [-0.3, -0.25) is 5.43 Å². The van der Waals surface area contributed by atoms with Gasteiger partial charge in [-0.05, 0) is 24.4 Å². The second kappa shape index (κ2) is 6.51. The number of aromatic nitrogens is 1. The summed E-state index contributed by atoms with van der Waals surface area (Å²) in [6.07, 6.45) is 1.78. The van der Waals surface area contributed by atoms with Gasteiger partial charge in [0.25, 0.3) is 0 Å². The fourth-order valence-electron chi connectivity index (χ4n) is 1.82. The molecule has 0 amide bonds. The molecule has 0 saturated heterocycles. The summed E-state index contributed by atoms with van der Waals surface area (Å²) in [5.41, 5.74) is 5.06. The van der Waals surface area contributed by atoms with Crippen molar-refractivity contribution >= 4 is 49.9 Å². The quantitative estimate of drug-likeness (QED) is 0.488. The molecule has 0 bridgehead atoms. The van der Waals surface area contributed by atoms with Crippen molar-refractivity contribution in [2.75, 3.05) is 5.43 Å². The lowest BCUT2D eigenvalue weighted by Crippen LogP contribution is -1.90. The molecule has 0 spiro atoms. The Labute approximate surface area is 139 Å². The Morgan fingerprint density at radius 2 is 2.10 bits per heavy atom. The van der Waals surface area contributed by atoms with E-state index in [-0.39, 0.29) is 0 Å². The number of aryl methyl sites for hydroxylation is 1. The van der Waals surface area contributed by atoms with Gasteiger partial charge in [0.1, 0.15) is 0 Å². The average molecular weight is 378 g/mol. The fraction of sp³-hybridized carbons (Fsp3) is 0.0667. The highest BCUT2D eigenvalue weighted by Gasteiger charge is 2.09. The van der Waals surface area contributed by atoms with E-state index in [0.29, 0.717) is 0 Å². The molecule has 2 aromatic heterocycles. The monoisotopic (exact) mass is 377 g/mol. The summed E-state index contributed by atoms with van der Waals surface area (Å²) in [5, 5.41) is 7.12. The largest absolute Gasteiger partial charge is 0.253 e. The van der Waals surface area contributed by atoms with Crippen LogP contribution in [0.15, 0.2) is 51.4 Å². The third-order valence-electron chi connectivity index (χ3n) is 2.82. The lowest BCUT2D eigenvalue weighted by atomic mass is 10.2. The van der Waals surface area contributed by atoms with E-state index in [1.54, 1.807) is 28.9 Å². The Bertz CT molecular complexity index is 763. The molecule has 6 heteroatoms. The highest BCUT2D eigenvalue weighted by Crippen LogP contribution is 2.32. The number of nitrogens with one attached hydrogen (secondary N) is 1. The van der Waals surface area contributed by atoms with E-state index in [0.717, 1.165) is 20.9 Å². The molecule has 0 radical (unpaired) electrons. The average Bonchev–Trinajstić information content (AvgIpc) is 3.10. The predicted molar refractivity (Wildman–Crippen MR) is 95.5 cm³/mol. The Morgan fingerprint density at radius 1 is 1.24 bits per heavy atom. The number of hydrogen-bond acceptors (Lipinski definition) is 5. The molecule has 21 heavy (non-hydrogen) atoms. The minimum absolute atomic E-state index is 0.805. The molecule has 3 rings (SSSR count). The Kier molecular flexibility index (Phi) is 4.48. The Morgan fingerprint density at radius 3 is 2.86 bits per heavy atom. The van der Waals surface area contributed by atoms with Crippen molar-refractivity contribution in [1.82, 2.24) is 4.98 Å². The van der Waals surface area contributed by atoms with Gasteiger partial charge in [-0.2, -0.15) is 5.10 Å².